The van der Waals surface area contributed by atoms with Crippen LogP contribution in [-0.4, -0.2) is 62.6 Å². The van der Waals surface area contributed by atoms with Crippen LogP contribution in [0.2, 0.25) is 0 Å². The second kappa shape index (κ2) is 15.1. The number of halogens is 1. The minimum atomic E-state index is -0.294. The van der Waals surface area contributed by atoms with Crippen molar-refractivity contribution in [2.45, 2.75) is 0 Å². The van der Waals surface area contributed by atoms with Crippen LogP contribution in [0, 0.1) is 0 Å². The lowest BCUT2D eigenvalue weighted by Crippen LogP contribution is -2.20. The molecule has 228 valence electrons. The highest BCUT2D eigenvalue weighted by Gasteiger charge is 2.18. The molecule has 0 amide bonds. The second-order valence-corrected chi connectivity index (χ2v) is 11.2. The van der Waals surface area contributed by atoms with E-state index in [1.807, 2.05) is 53.9 Å². The number of nitrogens with zero attached hydrogens (tertiary/aromatic N) is 5. The molecule has 0 aliphatic carbocycles. The lowest BCUT2D eigenvalue weighted by molar-refractivity contribution is 0.101. The number of benzene rings is 2. The summed E-state index contributed by atoms with van der Waals surface area (Å²) in [5.41, 5.74) is 10.0. The van der Waals surface area contributed by atoms with E-state index in [9.17, 15) is 14.4 Å². The number of thiazole rings is 1. The Bertz CT molecular complexity index is 2150. The maximum atomic E-state index is 12.7. The van der Waals surface area contributed by atoms with Crippen molar-refractivity contribution in [3.63, 3.8) is 0 Å². The number of ketones is 3. The van der Waals surface area contributed by atoms with Crippen LogP contribution in [-0.2, 0) is 0 Å². The highest BCUT2D eigenvalue weighted by Crippen LogP contribution is 2.25. The molecule has 5 aromatic heterocycles. The number of carbonyl (C=O) groups excluding carboxylic acids is 3. The summed E-state index contributed by atoms with van der Waals surface area (Å²) in [4.78, 5) is 61.2. The predicted molar refractivity (Wildman–Crippen MR) is 184 cm³/mol. The van der Waals surface area contributed by atoms with Gasteiger partial charge in [-0.05, 0) is 12.1 Å². The molecular formula is C32H23BrN8O3S2. The van der Waals surface area contributed by atoms with Crippen molar-refractivity contribution in [1.29, 1.82) is 0 Å². The van der Waals surface area contributed by atoms with Gasteiger partial charge in [0.1, 0.15) is 22.1 Å². The molecule has 0 bridgehead atoms. The molecule has 0 aliphatic rings. The molecule has 0 fully saturated rings. The van der Waals surface area contributed by atoms with E-state index in [1.165, 1.54) is 29.9 Å². The highest BCUT2D eigenvalue weighted by atomic mass is 79.9. The number of hydrogen-bond donors (Lipinski definition) is 3. The summed E-state index contributed by atoms with van der Waals surface area (Å²) in [5, 5.41) is 4.33. The topological polar surface area (TPSA) is 173 Å². The third kappa shape index (κ3) is 7.48. The zero-order valence-corrected chi connectivity index (χ0v) is 27.0. The van der Waals surface area contributed by atoms with E-state index >= 15 is 0 Å². The quantitative estimate of drug-likeness (QED) is 0.101. The van der Waals surface area contributed by atoms with Gasteiger partial charge in [0.15, 0.2) is 10.8 Å². The second-order valence-electron chi connectivity index (χ2n) is 9.29. The van der Waals surface area contributed by atoms with Crippen molar-refractivity contribution < 1.29 is 14.4 Å². The molecule has 5 heterocycles. The largest absolute Gasteiger partial charge is 0.387 e. The van der Waals surface area contributed by atoms with Gasteiger partial charge >= 0.3 is 0 Å². The van der Waals surface area contributed by atoms with Gasteiger partial charge in [-0.25, -0.2) is 9.97 Å². The van der Waals surface area contributed by atoms with Gasteiger partial charge in [0, 0.05) is 64.4 Å². The Kier molecular flexibility index (Phi) is 10.5. The van der Waals surface area contributed by atoms with Crippen molar-refractivity contribution in [1.82, 2.24) is 34.9 Å². The number of nitrogens with two attached hydrogens (primary N) is 1. The van der Waals surface area contributed by atoms with Crippen LogP contribution in [0.1, 0.15) is 36.2 Å². The molecule has 0 saturated heterocycles. The number of fused-ring (bicyclic) bond motifs is 2. The first kappa shape index (κ1) is 32.1. The number of carbonyl (C=O) groups is 3. The standard InChI is InChI=1S/C16H10N4OS.C10H8N2OS.C6H5BrN2O/c21-15(11-7-19-12-4-2-1-3-10(11)12)16-20-14(9-22-16)13-8-17-5-6-18-13;11-10(14)9(13)7-5-12-8-4-2-1-3-6(7)8;7-3-6(10)5-4-8-1-2-9-5/h1-9,19H;1-5,12H,(H2,11,14);1-2,4H,3H2. The Morgan fingerprint density at radius 2 is 1.41 bits per heavy atom. The fourth-order valence-electron chi connectivity index (χ4n) is 4.21. The van der Waals surface area contributed by atoms with Crippen LogP contribution in [0.15, 0.2) is 103 Å². The molecule has 7 aromatic rings. The number of H-pyrrole nitrogens is 2. The monoisotopic (exact) mass is 710 g/mol. The van der Waals surface area contributed by atoms with Crippen molar-refractivity contribution in [2.24, 2.45) is 5.73 Å². The number of rotatable bonds is 7. The lowest BCUT2D eigenvalue weighted by atomic mass is 10.1. The predicted octanol–water partition coefficient (Wildman–Crippen LogP) is 6.00. The van der Waals surface area contributed by atoms with Gasteiger partial charge in [-0.2, -0.15) is 0 Å². The number of nitrogens with one attached hydrogen (secondary N) is 2. The Hall–Kier alpha value is -5.31. The van der Waals surface area contributed by atoms with Crippen molar-refractivity contribution >= 4 is 83.6 Å². The number of aromatic amines is 2. The van der Waals surface area contributed by atoms with Crippen LogP contribution >= 0.6 is 39.5 Å². The fourth-order valence-corrected chi connectivity index (χ4v) is 5.37. The lowest BCUT2D eigenvalue weighted by Gasteiger charge is -1.95. The molecule has 11 nitrogen and oxygen atoms in total. The molecular weight excluding hydrogens is 688 g/mol. The average molecular weight is 712 g/mol. The van der Waals surface area contributed by atoms with E-state index < -0.39 is 0 Å². The zero-order chi connectivity index (χ0) is 32.5. The van der Waals surface area contributed by atoms with Crippen LogP contribution in [0.25, 0.3) is 33.2 Å². The SMILES string of the molecule is NC(=S)C(=O)c1c[nH]c2ccccc12.O=C(CBr)c1cnccn1.O=C(c1nc(-c2cnccn2)cs1)c1c[nH]c2ccccc12. The first-order chi connectivity index (χ1) is 22.4. The van der Waals surface area contributed by atoms with E-state index in [1.54, 1.807) is 31.0 Å². The van der Waals surface area contributed by atoms with Gasteiger partial charge in [0.2, 0.25) is 11.6 Å². The molecule has 14 heteroatoms. The van der Waals surface area contributed by atoms with Gasteiger partial charge in [0.25, 0.3) is 0 Å². The summed E-state index contributed by atoms with van der Waals surface area (Å²) >= 11 is 8.99. The Morgan fingerprint density at radius 1 is 0.804 bits per heavy atom. The third-order valence-corrected chi connectivity index (χ3v) is 7.92. The molecule has 0 radical (unpaired) electrons. The van der Waals surface area contributed by atoms with Crippen LogP contribution in [0.3, 0.4) is 0 Å². The summed E-state index contributed by atoms with van der Waals surface area (Å²) in [7, 11) is 0. The summed E-state index contributed by atoms with van der Waals surface area (Å²) in [6, 6.07) is 15.2. The molecule has 46 heavy (non-hydrogen) atoms. The van der Waals surface area contributed by atoms with E-state index in [-0.39, 0.29) is 22.3 Å². The number of thiocarbonyl (C=S) groups is 1. The summed E-state index contributed by atoms with van der Waals surface area (Å²) in [6.07, 6.45) is 12.7. The van der Waals surface area contributed by atoms with Gasteiger partial charge < -0.3 is 15.7 Å². The fraction of sp³-hybridized carbons (Fsp3) is 0.0312. The molecule has 7 rings (SSSR count). The maximum absolute atomic E-state index is 12.7. The molecule has 0 atom stereocenters. The Labute approximate surface area is 279 Å². The minimum absolute atomic E-state index is 0.0481. The van der Waals surface area contributed by atoms with E-state index in [4.69, 9.17) is 5.73 Å². The summed E-state index contributed by atoms with van der Waals surface area (Å²) < 4.78 is 0. The smallest absolute Gasteiger partial charge is 0.223 e. The highest BCUT2D eigenvalue weighted by molar-refractivity contribution is 9.09. The third-order valence-electron chi connectivity index (χ3n) is 6.39. The van der Waals surface area contributed by atoms with Crippen molar-refractivity contribution in [3.8, 4) is 11.4 Å². The number of para-hydroxylation sites is 2. The number of Topliss-reactive ketones (excluding diaryl/α,β-unsaturated/α-hetero) is 2. The Balaban J connectivity index is 0.000000149. The van der Waals surface area contributed by atoms with Crippen LogP contribution < -0.4 is 5.73 Å². The van der Waals surface area contributed by atoms with Gasteiger partial charge in [-0.1, -0.05) is 64.5 Å². The minimum Gasteiger partial charge on any atom is -0.387 e. The van der Waals surface area contributed by atoms with Crippen molar-refractivity contribution in [3.05, 3.63) is 125 Å². The molecule has 0 saturated carbocycles. The molecule has 0 spiro atoms. The number of hydrogen-bond acceptors (Lipinski definition) is 10. The average Bonchev–Trinajstić information content (AvgIpc) is 3.88. The van der Waals surface area contributed by atoms with Gasteiger partial charge in [-0.15, -0.1) is 11.3 Å². The van der Waals surface area contributed by atoms with Crippen LogP contribution in [0.5, 0.6) is 0 Å². The first-order valence-corrected chi connectivity index (χ1v) is 15.9. The zero-order valence-electron chi connectivity index (χ0n) is 23.8. The maximum Gasteiger partial charge on any atom is 0.223 e. The van der Waals surface area contributed by atoms with E-state index in [2.05, 4.69) is 63.0 Å². The molecule has 0 unspecified atom stereocenters. The number of aromatic nitrogens is 7. The normalized spacial score (nSPS) is 10.4. The van der Waals surface area contributed by atoms with E-state index in [0.29, 0.717) is 38.5 Å². The summed E-state index contributed by atoms with van der Waals surface area (Å²) in [6.45, 7) is 0. The van der Waals surface area contributed by atoms with Crippen LogP contribution in [0.4, 0.5) is 0 Å². The molecule has 4 N–H and O–H groups in total. The first-order valence-electron chi connectivity index (χ1n) is 13.5. The molecule has 2 aromatic carbocycles. The van der Waals surface area contributed by atoms with Gasteiger partial charge in [-0.3, -0.25) is 29.3 Å². The number of alkyl halides is 1. The summed E-state index contributed by atoms with van der Waals surface area (Å²) in [5.74, 6) is -0.428. The van der Waals surface area contributed by atoms with Gasteiger partial charge in [0.05, 0.1) is 28.9 Å². The van der Waals surface area contributed by atoms with Crippen molar-refractivity contribution in [2.75, 3.05) is 5.33 Å². The van der Waals surface area contributed by atoms with E-state index in [0.717, 1.165) is 21.8 Å². The Morgan fingerprint density at radius 3 is 2.00 bits per heavy atom. The molecule has 0 aliphatic heterocycles.